The van der Waals surface area contributed by atoms with Crippen LogP contribution in [0.3, 0.4) is 0 Å². The maximum absolute atomic E-state index is 13.8. The van der Waals surface area contributed by atoms with Crippen molar-refractivity contribution in [2.24, 2.45) is 0 Å². The minimum atomic E-state index is -0.309. The Balaban J connectivity index is 2.06. The van der Waals surface area contributed by atoms with Crippen molar-refractivity contribution in [3.63, 3.8) is 0 Å². The second kappa shape index (κ2) is 8.40. The van der Waals surface area contributed by atoms with Gasteiger partial charge in [0.15, 0.2) is 0 Å². The molecule has 24 heavy (non-hydrogen) atoms. The summed E-state index contributed by atoms with van der Waals surface area (Å²) < 4.78 is 18.9. The van der Waals surface area contributed by atoms with Gasteiger partial charge in [-0.3, -0.25) is 9.69 Å². The zero-order valence-electron chi connectivity index (χ0n) is 15.0. The van der Waals surface area contributed by atoms with Gasteiger partial charge < -0.3 is 9.64 Å². The summed E-state index contributed by atoms with van der Waals surface area (Å²) in [5, 5.41) is 0. The molecule has 2 atom stereocenters. The van der Waals surface area contributed by atoms with Gasteiger partial charge in [-0.1, -0.05) is 18.2 Å². The molecule has 0 radical (unpaired) electrons. The Morgan fingerprint density at radius 1 is 1.29 bits per heavy atom. The number of ether oxygens (including phenoxy) is 1. The molecule has 0 spiro atoms. The number of halogens is 1. The van der Waals surface area contributed by atoms with E-state index < -0.39 is 0 Å². The van der Waals surface area contributed by atoms with Crippen LogP contribution in [-0.2, 0) is 9.53 Å². The van der Waals surface area contributed by atoms with E-state index in [9.17, 15) is 9.18 Å². The Bertz CT molecular complexity index is 591. The Morgan fingerprint density at radius 3 is 2.50 bits per heavy atom. The molecule has 1 heterocycles. The SMILES string of the molecule is COCCN1C(C)CN(C(=O)/C(C)=C/c2ccccc2F)CC1C. The first-order valence-corrected chi connectivity index (χ1v) is 8.40. The van der Waals surface area contributed by atoms with Crippen molar-refractivity contribution in [3.05, 3.63) is 41.2 Å². The van der Waals surface area contributed by atoms with Crippen molar-refractivity contribution in [3.8, 4) is 0 Å². The van der Waals surface area contributed by atoms with E-state index in [1.807, 2.05) is 4.90 Å². The number of methoxy groups -OCH3 is 1. The summed E-state index contributed by atoms with van der Waals surface area (Å²) >= 11 is 0. The first kappa shape index (κ1) is 18.6. The average molecular weight is 334 g/mol. The maximum Gasteiger partial charge on any atom is 0.249 e. The highest BCUT2D eigenvalue weighted by atomic mass is 19.1. The normalized spacial score (nSPS) is 22.7. The van der Waals surface area contributed by atoms with Crippen molar-refractivity contribution in [1.29, 1.82) is 0 Å². The third kappa shape index (κ3) is 4.42. The molecule has 1 aliphatic heterocycles. The van der Waals surface area contributed by atoms with Crippen LogP contribution in [0, 0.1) is 5.82 Å². The van der Waals surface area contributed by atoms with E-state index in [2.05, 4.69) is 18.7 Å². The molecule has 0 aliphatic carbocycles. The minimum absolute atomic E-state index is 0.0247. The Hall–Kier alpha value is -1.72. The lowest BCUT2D eigenvalue weighted by Gasteiger charge is -2.44. The van der Waals surface area contributed by atoms with Gasteiger partial charge in [0.2, 0.25) is 5.91 Å². The van der Waals surface area contributed by atoms with Crippen LogP contribution < -0.4 is 0 Å². The largest absolute Gasteiger partial charge is 0.383 e. The molecule has 0 saturated carbocycles. The summed E-state index contributed by atoms with van der Waals surface area (Å²) in [7, 11) is 1.70. The molecule has 0 bridgehead atoms. The lowest BCUT2D eigenvalue weighted by molar-refractivity contribution is -0.131. The van der Waals surface area contributed by atoms with Crippen LogP contribution in [0.1, 0.15) is 26.3 Å². The molecule has 4 nitrogen and oxygen atoms in total. The first-order valence-electron chi connectivity index (χ1n) is 8.40. The van der Waals surface area contributed by atoms with Crippen molar-refractivity contribution < 1.29 is 13.9 Å². The van der Waals surface area contributed by atoms with Crippen LogP contribution in [0.5, 0.6) is 0 Å². The van der Waals surface area contributed by atoms with Gasteiger partial charge in [-0.25, -0.2) is 4.39 Å². The third-order valence-corrected chi connectivity index (χ3v) is 4.56. The highest BCUT2D eigenvalue weighted by Crippen LogP contribution is 2.19. The van der Waals surface area contributed by atoms with Gasteiger partial charge >= 0.3 is 0 Å². The fourth-order valence-electron chi connectivity index (χ4n) is 3.30. The molecule has 1 fully saturated rings. The molecule has 2 rings (SSSR count). The van der Waals surface area contributed by atoms with Crippen molar-refractivity contribution in [1.82, 2.24) is 9.80 Å². The molecule has 1 aliphatic rings. The zero-order valence-corrected chi connectivity index (χ0v) is 15.0. The molecule has 1 aromatic carbocycles. The molecule has 1 aromatic rings. The van der Waals surface area contributed by atoms with Gasteiger partial charge in [-0.2, -0.15) is 0 Å². The van der Waals surface area contributed by atoms with Crippen molar-refractivity contribution >= 4 is 12.0 Å². The molecule has 1 amide bonds. The Kier molecular flexibility index (Phi) is 6.52. The molecule has 0 N–H and O–H groups in total. The molecular weight excluding hydrogens is 307 g/mol. The van der Waals surface area contributed by atoms with Crippen LogP contribution >= 0.6 is 0 Å². The minimum Gasteiger partial charge on any atom is -0.383 e. The number of carbonyl (C=O) groups excluding carboxylic acids is 1. The van der Waals surface area contributed by atoms with Crippen LogP contribution in [-0.4, -0.2) is 61.1 Å². The molecule has 1 saturated heterocycles. The van der Waals surface area contributed by atoms with Gasteiger partial charge in [0.05, 0.1) is 6.61 Å². The fourth-order valence-corrected chi connectivity index (χ4v) is 3.30. The fraction of sp³-hybridized carbons (Fsp3) is 0.526. The van der Waals surface area contributed by atoms with E-state index in [0.717, 1.165) is 6.54 Å². The number of amides is 1. The first-order chi connectivity index (χ1) is 11.4. The lowest BCUT2D eigenvalue weighted by Crippen LogP contribution is -2.58. The quantitative estimate of drug-likeness (QED) is 0.776. The second-order valence-corrected chi connectivity index (χ2v) is 6.49. The molecular formula is C19H27FN2O2. The predicted molar refractivity (Wildman–Crippen MR) is 94.1 cm³/mol. The summed E-state index contributed by atoms with van der Waals surface area (Å²) in [4.78, 5) is 16.9. The highest BCUT2D eigenvalue weighted by Gasteiger charge is 2.31. The van der Waals surface area contributed by atoms with Gasteiger partial charge in [0.25, 0.3) is 0 Å². The molecule has 132 valence electrons. The van der Waals surface area contributed by atoms with Crippen LogP contribution in [0.15, 0.2) is 29.8 Å². The topological polar surface area (TPSA) is 32.8 Å². The monoisotopic (exact) mass is 334 g/mol. The summed E-state index contributed by atoms with van der Waals surface area (Å²) in [6.45, 7) is 8.91. The summed E-state index contributed by atoms with van der Waals surface area (Å²) in [5.74, 6) is -0.334. The van der Waals surface area contributed by atoms with Crippen LogP contribution in [0.2, 0.25) is 0 Å². The number of hydrogen-bond donors (Lipinski definition) is 0. The average Bonchev–Trinajstić information content (AvgIpc) is 2.55. The number of rotatable bonds is 5. The van der Waals surface area contributed by atoms with E-state index in [1.54, 1.807) is 38.3 Å². The zero-order chi connectivity index (χ0) is 17.7. The van der Waals surface area contributed by atoms with Crippen LogP contribution in [0.4, 0.5) is 4.39 Å². The summed E-state index contributed by atoms with van der Waals surface area (Å²) in [5.41, 5.74) is 1.01. The Morgan fingerprint density at radius 2 is 1.92 bits per heavy atom. The van der Waals surface area contributed by atoms with E-state index in [0.29, 0.717) is 30.8 Å². The molecule has 5 heteroatoms. The van der Waals surface area contributed by atoms with E-state index >= 15 is 0 Å². The predicted octanol–water partition coefficient (Wildman–Crippen LogP) is 2.80. The summed E-state index contributed by atoms with van der Waals surface area (Å²) in [6, 6.07) is 7.04. The number of benzene rings is 1. The van der Waals surface area contributed by atoms with E-state index in [4.69, 9.17) is 4.74 Å². The number of piperazine rings is 1. The van der Waals surface area contributed by atoms with Gasteiger partial charge in [-0.05, 0) is 32.9 Å². The second-order valence-electron chi connectivity index (χ2n) is 6.49. The van der Waals surface area contributed by atoms with Crippen molar-refractivity contribution in [2.75, 3.05) is 33.4 Å². The van der Waals surface area contributed by atoms with E-state index in [1.165, 1.54) is 6.07 Å². The van der Waals surface area contributed by atoms with Crippen molar-refractivity contribution in [2.45, 2.75) is 32.9 Å². The number of nitrogens with zero attached hydrogens (tertiary/aromatic N) is 2. The van der Waals surface area contributed by atoms with Crippen LogP contribution in [0.25, 0.3) is 6.08 Å². The van der Waals surface area contributed by atoms with Gasteiger partial charge in [0, 0.05) is 50.0 Å². The lowest BCUT2D eigenvalue weighted by atomic mass is 10.1. The smallest absolute Gasteiger partial charge is 0.249 e. The highest BCUT2D eigenvalue weighted by molar-refractivity contribution is 5.97. The molecule has 0 aromatic heterocycles. The number of carbonyl (C=O) groups is 1. The molecule has 2 unspecified atom stereocenters. The standard InChI is InChI=1S/C19H27FN2O2/c1-14(11-17-7-5-6-8-18(17)20)19(23)21-12-15(2)22(9-10-24-4)16(3)13-21/h5-8,11,15-16H,9-10,12-13H2,1-4H3/b14-11+. The summed E-state index contributed by atoms with van der Waals surface area (Å²) in [6.07, 6.45) is 1.63. The third-order valence-electron chi connectivity index (χ3n) is 4.56. The van der Waals surface area contributed by atoms with Gasteiger partial charge in [-0.15, -0.1) is 0 Å². The Labute approximate surface area is 143 Å². The van der Waals surface area contributed by atoms with E-state index in [-0.39, 0.29) is 23.8 Å². The van der Waals surface area contributed by atoms with Gasteiger partial charge in [0.1, 0.15) is 5.82 Å². The maximum atomic E-state index is 13.8. The number of hydrogen-bond acceptors (Lipinski definition) is 3.